The van der Waals surface area contributed by atoms with Gasteiger partial charge in [0.05, 0.1) is 11.3 Å². The Labute approximate surface area is 142 Å². The zero-order valence-electron chi connectivity index (χ0n) is 13.2. The second-order valence-corrected chi connectivity index (χ2v) is 5.70. The van der Waals surface area contributed by atoms with Crippen molar-refractivity contribution in [1.82, 2.24) is 10.6 Å². The Morgan fingerprint density at radius 2 is 1.86 bits per heavy atom. The first-order valence-corrected chi connectivity index (χ1v) is 7.28. The molecule has 124 valence electrons. The van der Waals surface area contributed by atoms with Gasteiger partial charge >= 0.3 is 0 Å². The molecule has 0 radical (unpaired) electrons. The van der Waals surface area contributed by atoms with Crippen LogP contribution in [0.25, 0.3) is 0 Å². The van der Waals surface area contributed by atoms with Gasteiger partial charge in [-0.25, -0.2) is 0 Å². The van der Waals surface area contributed by atoms with Gasteiger partial charge in [0.15, 0.2) is 0 Å². The Balaban J connectivity index is 0.00000441. The molecular formula is C15H23Cl2N3O2. The fraction of sp³-hybridized carbons (Fsp3) is 0.467. The van der Waals surface area contributed by atoms with E-state index in [4.69, 9.17) is 11.6 Å². The van der Waals surface area contributed by atoms with Crippen molar-refractivity contribution in [2.45, 2.75) is 26.8 Å². The van der Waals surface area contributed by atoms with Crippen molar-refractivity contribution in [1.29, 1.82) is 0 Å². The Morgan fingerprint density at radius 3 is 2.41 bits per heavy atom. The maximum Gasteiger partial charge on any atom is 0.253 e. The molecule has 1 rings (SSSR count). The highest BCUT2D eigenvalue weighted by atomic mass is 35.5. The lowest BCUT2D eigenvalue weighted by Crippen LogP contribution is -2.32. The van der Waals surface area contributed by atoms with Crippen LogP contribution in [-0.2, 0) is 4.79 Å². The van der Waals surface area contributed by atoms with Gasteiger partial charge in [0.25, 0.3) is 5.91 Å². The Hall–Kier alpha value is -1.30. The predicted octanol–water partition coefficient (Wildman–Crippen LogP) is 2.69. The van der Waals surface area contributed by atoms with Crippen LogP contribution >= 0.6 is 24.0 Å². The Morgan fingerprint density at radius 1 is 1.23 bits per heavy atom. The van der Waals surface area contributed by atoms with Crippen LogP contribution in [0.2, 0.25) is 5.02 Å². The third kappa shape index (κ3) is 6.22. The van der Waals surface area contributed by atoms with E-state index in [2.05, 4.69) is 16.0 Å². The lowest BCUT2D eigenvalue weighted by Gasteiger charge is -2.16. The predicted molar refractivity (Wildman–Crippen MR) is 93.0 cm³/mol. The molecule has 1 atom stereocenters. The van der Waals surface area contributed by atoms with E-state index in [0.29, 0.717) is 22.8 Å². The summed E-state index contributed by atoms with van der Waals surface area (Å²) in [7, 11) is 1.78. The maximum absolute atomic E-state index is 12.1. The van der Waals surface area contributed by atoms with Gasteiger partial charge in [0.1, 0.15) is 0 Å². The van der Waals surface area contributed by atoms with Gasteiger partial charge in [0.2, 0.25) is 5.91 Å². The van der Waals surface area contributed by atoms with Crippen molar-refractivity contribution in [3.05, 3.63) is 28.8 Å². The lowest BCUT2D eigenvalue weighted by molar-refractivity contribution is -0.119. The van der Waals surface area contributed by atoms with Crippen LogP contribution in [0, 0.1) is 5.92 Å². The van der Waals surface area contributed by atoms with Crippen molar-refractivity contribution < 1.29 is 9.59 Å². The third-order valence-corrected chi connectivity index (χ3v) is 3.10. The molecule has 3 N–H and O–H groups in total. The summed E-state index contributed by atoms with van der Waals surface area (Å²) in [6.45, 7) is 6.12. The molecule has 0 bridgehead atoms. The van der Waals surface area contributed by atoms with Gasteiger partial charge in [-0.15, -0.1) is 12.4 Å². The molecule has 22 heavy (non-hydrogen) atoms. The number of anilines is 1. The van der Waals surface area contributed by atoms with E-state index in [1.54, 1.807) is 25.2 Å². The fourth-order valence-electron chi connectivity index (χ4n) is 1.81. The van der Waals surface area contributed by atoms with Crippen molar-refractivity contribution >= 4 is 41.5 Å². The van der Waals surface area contributed by atoms with Crippen LogP contribution in [0.15, 0.2) is 18.2 Å². The minimum Gasteiger partial charge on any atom is -0.350 e. The summed E-state index contributed by atoms with van der Waals surface area (Å²) >= 11 is 5.96. The summed E-state index contributed by atoms with van der Waals surface area (Å²) in [5.74, 6) is -0.613. The van der Waals surface area contributed by atoms with Crippen LogP contribution in [0.5, 0.6) is 0 Å². The highest BCUT2D eigenvalue weighted by molar-refractivity contribution is 6.31. The zero-order chi connectivity index (χ0) is 16.0. The van der Waals surface area contributed by atoms with E-state index < -0.39 is 0 Å². The van der Waals surface area contributed by atoms with E-state index in [9.17, 15) is 9.59 Å². The number of carbonyl (C=O) groups is 2. The summed E-state index contributed by atoms with van der Waals surface area (Å²) in [4.78, 5) is 24.2. The summed E-state index contributed by atoms with van der Waals surface area (Å²) in [6, 6.07) is 4.84. The molecule has 0 aliphatic carbocycles. The van der Waals surface area contributed by atoms with E-state index in [1.807, 2.05) is 20.8 Å². The van der Waals surface area contributed by atoms with Gasteiger partial charge in [-0.3, -0.25) is 9.59 Å². The quantitative estimate of drug-likeness (QED) is 0.740. The van der Waals surface area contributed by atoms with Gasteiger partial charge < -0.3 is 16.0 Å². The van der Waals surface area contributed by atoms with Gasteiger partial charge in [-0.1, -0.05) is 18.5 Å². The molecule has 1 aromatic carbocycles. The van der Waals surface area contributed by atoms with E-state index in [-0.39, 0.29) is 36.2 Å². The van der Waals surface area contributed by atoms with Crippen molar-refractivity contribution in [3.63, 3.8) is 0 Å². The first-order valence-electron chi connectivity index (χ1n) is 6.91. The molecule has 0 aliphatic heterocycles. The van der Waals surface area contributed by atoms with Gasteiger partial charge in [-0.2, -0.15) is 0 Å². The number of hydrogen-bond acceptors (Lipinski definition) is 3. The molecule has 0 spiro atoms. The SMILES string of the molecule is CNCC(C)C(=O)Nc1cc(Cl)ccc1C(=O)NC(C)C.Cl. The number of amides is 2. The van der Waals surface area contributed by atoms with Gasteiger partial charge in [-0.05, 0) is 39.1 Å². The Bertz CT molecular complexity index is 522. The van der Waals surface area contributed by atoms with E-state index in [1.165, 1.54) is 0 Å². The maximum atomic E-state index is 12.1. The molecule has 0 fully saturated rings. The van der Waals surface area contributed by atoms with Gasteiger partial charge in [0, 0.05) is 23.5 Å². The molecule has 1 aromatic rings. The smallest absolute Gasteiger partial charge is 0.253 e. The largest absolute Gasteiger partial charge is 0.350 e. The second-order valence-electron chi connectivity index (χ2n) is 5.27. The van der Waals surface area contributed by atoms with Crippen LogP contribution in [0.3, 0.4) is 0 Å². The number of benzene rings is 1. The lowest BCUT2D eigenvalue weighted by atomic mass is 10.1. The summed E-state index contributed by atoms with van der Waals surface area (Å²) in [6.07, 6.45) is 0. The van der Waals surface area contributed by atoms with E-state index >= 15 is 0 Å². The van der Waals surface area contributed by atoms with Crippen LogP contribution in [0.4, 0.5) is 5.69 Å². The second kappa shape index (κ2) is 9.66. The molecule has 0 aliphatic rings. The number of hydrogen-bond donors (Lipinski definition) is 3. The average molecular weight is 348 g/mol. The molecule has 0 aromatic heterocycles. The molecular weight excluding hydrogens is 325 g/mol. The van der Waals surface area contributed by atoms with Crippen LogP contribution < -0.4 is 16.0 Å². The highest BCUT2D eigenvalue weighted by Crippen LogP contribution is 2.22. The summed E-state index contributed by atoms with van der Waals surface area (Å²) < 4.78 is 0. The minimum atomic E-state index is -0.238. The molecule has 0 saturated carbocycles. The fourth-order valence-corrected chi connectivity index (χ4v) is 1.98. The number of carbonyl (C=O) groups excluding carboxylic acids is 2. The standard InChI is InChI=1S/C15H22ClN3O2.ClH/c1-9(2)18-15(21)12-6-5-11(16)7-13(12)19-14(20)10(3)8-17-4;/h5-7,9-10,17H,8H2,1-4H3,(H,18,21)(H,19,20);1H. The Kier molecular flexibility index (Phi) is 9.09. The molecule has 0 heterocycles. The molecule has 0 saturated heterocycles. The first-order chi connectivity index (χ1) is 9.85. The van der Waals surface area contributed by atoms with Crippen molar-refractivity contribution in [2.75, 3.05) is 18.9 Å². The third-order valence-electron chi connectivity index (χ3n) is 2.86. The highest BCUT2D eigenvalue weighted by Gasteiger charge is 2.17. The number of nitrogens with one attached hydrogen (secondary N) is 3. The van der Waals surface area contributed by atoms with Crippen molar-refractivity contribution in [3.8, 4) is 0 Å². The van der Waals surface area contributed by atoms with Crippen LogP contribution in [-0.4, -0.2) is 31.4 Å². The van der Waals surface area contributed by atoms with Crippen LogP contribution in [0.1, 0.15) is 31.1 Å². The summed E-state index contributed by atoms with van der Waals surface area (Å²) in [5.41, 5.74) is 0.826. The minimum absolute atomic E-state index is 0. The molecule has 1 unspecified atom stereocenters. The molecule has 7 heteroatoms. The molecule has 5 nitrogen and oxygen atoms in total. The molecule has 2 amide bonds. The van der Waals surface area contributed by atoms with Crippen molar-refractivity contribution in [2.24, 2.45) is 5.92 Å². The summed E-state index contributed by atoms with van der Waals surface area (Å²) in [5, 5.41) is 8.98. The zero-order valence-corrected chi connectivity index (χ0v) is 14.8. The average Bonchev–Trinajstić information content (AvgIpc) is 2.38. The monoisotopic (exact) mass is 347 g/mol. The van der Waals surface area contributed by atoms with E-state index in [0.717, 1.165) is 0 Å². The first kappa shape index (κ1) is 20.7. The number of rotatable bonds is 6. The normalized spacial score (nSPS) is 11.5. The topological polar surface area (TPSA) is 70.2 Å². The number of halogens is 2.